The summed E-state index contributed by atoms with van der Waals surface area (Å²) >= 11 is 6.58. The molecule has 2 fully saturated rings. The van der Waals surface area contributed by atoms with Crippen molar-refractivity contribution in [3.63, 3.8) is 0 Å². The van der Waals surface area contributed by atoms with Crippen LogP contribution in [0, 0.1) is 11.3 Å². The maximum absolute atomic E-state index is 13.5. The number of ether oxygens (including phenoxy) is 1. The molecule has 14 heteroatoms. The number of piperidine rings is 1. The van der Waals surface area contributed by atoms with E-state index in [0.717, 1.165) is 30.1 Å². The van der Waals surface area contributed by atoms with Crippen LogP contribution in [0.15, 0.2) is 11.3 Å². The van der Waals surface area contributed by atoms with Crippen molar-refractivity contribution in [1.82, 2.24) is 19.7 Å². The fourth-order valence-corrected chi connectivity index (χ4v) is 4.57. The van der Waals surface area contributed by atoms with Gasteiger partial charge in [-0.3, -0.25) is 19.5 Å². The summed E-state index contributed by atoms with van der Waals surface area (Å²) in [4.78, 5) is 26.7. The van der Waals surface area contributed by atoms with E-state index in [-0.39, 0.29) is 48.6 Å². The van der Waals surface area contributed by atoms with E-state index in [9.17, 15) is 28.0 Å². The maximum atomic E-state index is 13.5. The molecule has 178 valence electrons. The van der Waals surface area contributed by atoms with E-state index in [1.54, 1.807) is 11.1 Å². The fraction of sp³-hybridized carbons (Fsp3) is 0.632. The first-order valence-electron chi connectivity index (χ1n) is 10.4. The number of hydrogen-bond acceptors (Lipinski definition) is 7. The van der Waals surface area contributed by atoms with Crippen molar-refractivity contribution in [3.05, 3.63) is 11.8 Å². The molecule has 1 aromatic heterocycles. The Morgan fingerprint density at radius 1 is 1.27 bits per heavy atom. The maximum Gasteiger partial charge on any atom is 0.471 e. The summed E-state index contributed by atoms with van der Waals surface area (Å²) in [7, 11) is 0. The van der Waals surface area contributed by atoms with Crippen molar-refractivity contribution in [2.24, 2.45) is 5.10 Å². The van der Waals surface area contributed by atoms with E-state index in [4.69, 9.17) is 16.3 Å². The number of anilines is 1. The Kier molecular flexibility index (Phi) is 6.49. The van der Waals surface area contributed by atoms with Crippen LogP contribution in [-0.2, 0) is 14.3 Å². The van der Waals surface area contributed by atoms with Gasteiger partial charge < -0.3 is 9.64 Å². The van der Waals surface area contributed by atoms with Crippen LogP contribution in [0.5, 0.6) is 0 Å². The molecule has 0 spiro atoms. The predicted octanol–water partition coefficient (Wildman–Crippen LogP) is 1.15. The van der Waals surface area contributed by atoms with Gasteiger partial charge in [-0.2, -0.15) is 33.3 Å². The number of halogens is 4. The van der Waals surface area contributed by atoms with Crippen LogP contribution in [-0.4, -0.2) is 94.3 Å². The number of carbonyl (C=O) groups excluding carboxylic acids is 2. The number of alkyl halides is 4. The second kappa shape index (κ2) is 9.18. The monoisotopic (exact) mass is 487 g/mol. The minimum absolute atomic E-state index is 0.110. The molecule has 33 heavy (non-hydrogen) atoms. The smallest absolute Gasteiger partial charge is 0.378 e. The van der Waals surface area contributed by atoms with Crippen LogP contribution in [0.3, 0.4) is 0 Å². The molecule has 2 unspecified atom stereocenters. The predicted molar refractivity (Wildman–Crippen MR) is 110 cm³/mol. The minimum Gasteiger partial charge on any atom is -0.378 e. The second-order valence-electron chi connectivity index (χ2n) is 7.87. The van der Waals surface area contributed by atoms with E-state index < -0.39 is 35.7 Å². The van der Waals surface area contributed by atoms with E-state index in [1.165, 1.54) is 4.90 Å². The van der Waals surface area contributed by atoms with Gasteiger partial charge in [0.2, 0.25) is 5.91 Å². The van der Waals surface area contributed by atoms with Crippen molar-refractivity contribution >= 4 is 35.1 Å². The zero-order valence-corrected chi connectivity index (χ0v) is 18.2. The number of aromatic nitrogens is 2. The first-order chi connectivity index (χ1) is 15.7. The Bertz CT molecular complexity index is 1000. The number of hydrogen-bond donors (Lipinski definition) is 0. The van der Waals surface area contributed by atoms with Crippen molar-refractivity contribution in [1.29, 1.82) is 5.26 Å². The third-order valence-corrected chi connectivity index (χ3v) is 6.30. The summed E-state index contributed by atoms with van der Waals surface area (Å²) in [6.45, 7) is 0.547. The molecule has 2 atom stereocenters. The van der Waals surface area contributed by atoms with Crippen LogP contribution in [0.25, 0.3) is 0 Å². The number of fused-ring (bicyclic) bond motifs is 1. The SMILES string of the molecule is N#Cc1cnn(C2=NN3CCCCC3C2Cl)c1N(CC(=O)N1CCOCC1)C(=O)C(F)(F)F. The van der Waals surface area contributed by atoms with Crippen LogP contribution >= 0.6 is 11.6 Å². The lowest BCUT2D eigenvalue weighted by molar-refractivity contribution is -0.170. The number of nitriles is 1. The number of rotatable bonds is 3. The van der Waals surface area contributed by atoms with E-state index in [2.05, 4.69) is 10.2 Å². The van der Waals surface area contributed by atoms with Crippen molar-refractivity contribution < 1.29 is 27.5 Å². The summed E-state index contributed by atoms with van der Waals surface area (Å²) in [5.41, 5.74) is -0.307. The first kappa shape index (κ1) is 23.3. The average Bonchev–Trinajstić information content (AvgIpc) is 3.37. The third-order valence-electron chi connectivity index (χ3n) is 5.82. The highest BCUT2D eigenvalue weighted by Crippen LogP contribution is 2.33. The summed E-state index contributed by atoms with van der Waals surface area (Å²) in [6, 6.07) is 1.59. The van der Waals surface area contributed by atoms with Gasteiger partial charge in [0.25, 0.3) is 0 Å². The lowest BCUT2D eigenvalue weighted by Gasteiger charge is -2.30. The normalized spacial score (nSPS) is 23.1. The quantitative estimate of drug-likeness (QED) is 0.592. The Balaban J connectivity index is 1.74. The van der Waals surface area contributed by atoms with Crippen LogP contribution in [0.2, 0.25) is 0 Å². The zero-order valence-electron chi connectivity index (χ0n) is 17.5. The van der Waals surface area contributed by atoms with Crippen molar-refractivity contribution in [2.45, 2.75) is 36.9 Å². The molecule has 0 aromatic carbocycles. The molecule has 2 amide bonds. The first-order valence-corrected chi connectivity index (χ1v) is 10.9. The summed E-state index contributed by atoms with van der Waals surface area (Å²) in [5, 5.41) is 19.0. The number of amides is 2. The van der Waals surface area contributed by atoms with Crippen LogP contribution in [0.1, 0.15) is 24.8 Å². The summed E-state index contributed by atoms with van der Waals surface area (Å²) < 4.78 is 46.7. The van der Waals surface area contributed by atoms with Gasteiger partial charge in [0.1, 0.15) is 23.6 Å². The molecule has 0 aliphatic carbocycles. The van der Waals surface area contributed by atoms with Crippen LogP contribution < -0.4 is 4.90 Å². The van der Waals surface area contributed by atoms with E-state index >= 15 is 0 Å². The largest absolute Gasteiger partial charge is 0.471 e. The lowest BCUT2D eigenvalue weighted by Crippen LogP contribution is -2.51. The van der Waals surface area contributed by atoms with Crippen molar-refractivity contribution in [3.8, 4) is 6.07 Å². The Hall–Kier alpha value is -2.85. The molecule has 0 N–H and O–H groups in total. The Morgan fingerprint density at radius 3 is 2.64 bits per heavy atom. The van der Waals surface area contributed by atoms with Crippen LogP contribution in [0.4, 0.5) is 19.0 Å². The number of hydrazone groups is 1. The van der Waals surface area contributed by atoms with Crippen molar-refractivity contribution in [2.75, 3.05) is 44.3 Å². The van der Waals surface area contributed by atoms with E-state index in [0.29, 0.717) is 6.54 Å². The Labute approximate surface area is 192 Å². The molecular formula is C19H21ClF3N7O3. The summed E-state index contributed by atoms with van der Waals surface area (Å²) in [6.07, 6.45) is -1.70. The fourth-order valence-electron chi connectivity index (χ4n) is 4.17. The van der Waals surface area contributed by atoms with Gasteiger partial charge in [-0.05, 0) is 19.3 Å². The van der Waals surface area contributed by atoms with Gasteiger partial charge in [-0.15, -0.1) is 11.6 Å². The van der Waals surface area contributed by atoms with Gasteiger partial charge in [0, 0.05) is 19.6 Å². The number of nitrogens with zero attached hydrogens (tertiary/aromatic N) is 7. The molecule has 3 aliphatic heterocycles. The van der Waals surface area contributed by atoms with Gasteiger partial charge >= 0.3 is 12.1 Å². The molecular weight excluding hydrogens is 467 g/mol. The van der Waals surface area contributed by atoms with Gasteiger partial charge in [0.15, 0.2) is 11.7 Å². The number of carbonyl (C=O) groups is 2. The second-order valence-corrected chi connectivity index (χ2v) is 8.34. The topological polar surface area (TPSA) is 107 Å². The highest BCUT2D eigenvalue weighted by atomic mass is 35.5. The molecule has 0 radical (unpaired) electrons. The molecule has 0 saturated carbocycles. The molecule has 0 bridgehead atoms. The lowest BCUT2D eigenvalue weighted by atomic mass is 10.0. The third kappa shape index (κ3) is 4.49. The highest BCUT2D eigenvalue weighted by molar-refractivity contribution is 6.33. The molecule has 2 saturated heterocycles. The Morgan fingerprint density at radius 2 is 2.00 bits per heavy atom. The highest BCUT2D eigenvalue weighted by Gasteiger charge is 2.47. The van der Waals surface area contributed by atoms with E-state index in [1.807, 2.05) is 0 Å². The molecule has 1 aromatic rings. The molecule has 10 nitrogen and oxygen atoms in total. The molecule has 4 rings (SSSR count). The van der Waals surface area contributed by atoms with Gasteiger partial charge in [0.05, 0.1) is 25.5 Å². The zero-order chi connectivity index (χ0) is 23.8. The molecule has 4 heterocycles. The number of morpholine rings is 1. The van der Waals surface area contributed by atoms with Gasteiger partial charge in [-0.25, -0.2) is 0 Å². The minimum atomic E-state index is -5.29. The standard InChI is InChI=1S/C19H21ClF3N7O3/c20-15-13-3-1-2-4-29(13)26-16(15)30-17(12(9-24)10-25-30)28(18(32)19(21,22)23)11-14(31)27-5-7-33-8-6-27/h10,13,15H,1-8,11H2. The van der Waals surface area contributed by atoms with Gasteiger partial charge in [-0.1, -0.05) is 0 Å². The summed E-state index contributed by atoms with van der Waals surface area (Å²) in [5.74, 6) is -3.37. The molecule has 3 aliphatic rings. The average molecular weight is 488 g/mol.